The van der Waals surface area contributed by atoms with E-state index < -0.39 is 0 Å². The number of hydrogen-bond acceptors (Lipinski definition) is 3. The molecule has 156 valence electrons. The van der Waals surface area contributed by atoms with Crippen molar-refractivity contribution in [2.24, 2.45) is 0 Å². The predicted molar refractivity (Wildman–Crippen MR) is 116 cm³/mol. The SMILES string of the molecule is COc1ccc(F)cc1-c1ccnc2[nH]c(C3=CCN(C(=O)NC(C)C)CC3)cc12. The van der Waals surface area contributed by atoms with E-state index in [1.807, 2.05) is 26.0 Å². The minimum atomic E-state index is -0.318. The zero-order valence-corrected chi connectivity index (χ0v) is 17.3. The second kappa shape index (κ2) is 8.18. The molecule has 7 heteroatoms. The number of nitrogens with one attached hydrogen (secondary N) is 2. The average Bonchev–Trinajstić information content (AvgIpc) is 3.18. The highest BCUT2D eigenvalue weighted by Crippen LogP contribution is 2.36. The highest BCUT2D eigenvalue weighted by molar-refractivity contribution is 5.96. The lowest BCUT2D eigenvalue weighted by molar-refractivity contribution is 0.200. The number of H-pyrrole nitrogens is 1. The van der Waals surface area contributed by atoms with Gasteiger partial charge < -0.3 is 19.9 Å². The number of amides is 2. The quantitative estimate of drug-likeness (QED) is 0.664. The van der Waals surface area contributed by atoms with Gasteiger partial charge in [-0.1, -0.05) is 6.08 Å². The summed E-state index contributed by atoms with van der Waals surface area (Å²) in [5, 5.41) is 3.83. The second-order valence-electron chi connectivity index (χ2n) is 7.68. The van der Waals surface area contributed by atoms with Gasteiger partial charge in [0.2, 0.25) is 0 Å². The van der Waals surface area contributed by atoms with E-state index >= 15 is 0 Å². The molecule has 2 amide bonds. The molecule has 3 heterocycles. The van der Waals surface area contributed by atoms with Gasteiger partial charge in [-0.05, 0) is 61.7 Å². The molecule has 3 aromatic rings. The van der Waals surface area contributed by atoms with Crippen LogP contribution in [0.15, 0.2) is 42.6 Å². The van der Waals surface area contributed by atoms with Gasteiger partial charge in [-0.2, -0.15) is 0 Å². The summed E-state index contributed by atoms with van der Waals surface area (Å²) in [6.07, 6.45) is 4.52. The maximum absolute atomic E-state index is 13.9. The smallest absolute Gasteiger partial charge is 0.317 e. The van der Waals surface area contributed by atoms with Crippen LogP contribution in [0.5, 0.6) is 5.75 Å². The molecule has 30 heavy (non-hydrogen) atoms. The number of aromatic nitrogens is 2. The van der Waals surface area contributed by atoms with Gasteiger partial charge in [0.1, 0.15) is 17.2 Å². The molecule has 1 aliphatic rings. The van der Waals surface area contributed by atoms with Crippen LogP contribution in [0.25, 0.3) is 27.7 Å². The number of carbonyl (C=O) groups is 1. The van der Waals surface area contributed by atoms with E-state index in [1.165, 1.54) is 12.1 Å². The fourth-order valence-electron chi connectivity index (χ4n) is 3.76. The van der Waals surface area contributed by atoms with E-state index in [2.05, 4.69) is 21.4 Å². The molecule has 4 rings (SSSR count). The summed E-state index contributed by atoms with van der Waals surface area (Å²) in [7, 11) is 1.58. The van der Waals surface area contributed by atoms with Gasteiger partial charge in [-0.15, -0.1) is 0 Å². The van der Waals surface area contributed by atoms with Gasteiger partial charge in [0.15, 0.2) is 0 Å². The van der Waals surface area contributed by atoms with Crippen molar-refractivity contribution >= 4 is 22.6 Å². The number of hydrogen-bond donors (Lipinski definition) is 2. The number of fused-ring (bicyclic) bond motifs is 1. The fraction of sp³-hybridized carbons (Fsp3) is 0.304. The minimum Gasteiger partial charge on any atom is -0.496 e. The predicted octanol–water partition coefficient (Wildman–Crippen LogP) is 4.58. The second-order valence-corrected chi connectivity index (χ2v) is 7.68. The molecule has 0 spiro atoms. The molecule has 1 aliphatic heterocycles. The summed E-state index contributed by atoms with van der Waals surface area (Å²) < 4.78 is 19.4. The molecule has 0 atom stereocenters. The monoisotopic (exact) mass is 408 g/mol. The topological polar surface area (TPSA) is 70.2 Å². The van der Waals surface area contributed by atoms with Crippen LogP contribution < -0.4 is 10.1 Å². The molecule has 2 aromatic heterocycles. The Bertz CT molecular complexity index is 1120. The van der Waals surface area contributed by atoms with Gasteiger partial charge in [-0.25, -0.2) is 14.2 Å². The largest absolute Gasteiger partial charge is 0.496 e. The van der Waals surface area contributed by atoms with Gasteiger partial charge in [0, 0.05) is 42.0 Å². The molecule has 1 aromatic carbocycles. The number of halogens is 1. The van der Waals surface area contributed by atoms with Crippen LogP contribution in [0.2, 0.25) is 0 Å². The highest BCUT2D eigenvalue weighted by atomic mass is 19.1. The van der Waals surface area contributed by atoms with Crippen molar-refractivity contribution in [2.75, 3.05) is 20.2 Å². The van der Waals surface area contributed by atoms with Crippen molar-refractivity contribution in [1.82, 2.24) is 20.2 Å². The molecule has 0 saturated carbocycles. The standard InChI is InChI=1S/C23H25FN4O2/c1-14(2)26-23(29)28-10-7-15(8-11-28)20-13-19-17(6-9-25-22(19)27-20)18-12-16(24)4-5-21(18)30-3/h4-7,9,12-14H,8,10-11H2,1-3H3,(H,25,27)(H,26,29). The van der Waals surface area contributed by atoms with Gasteiger partial charge >= 0.3 is 6.03 Å². The zero-order chi connectivity index (χ0) is 21.3. The first-order valence-electron chi connectivity index (χ1n) is 10.0. The first-order chi connectivity index (χ1) is 14.5. The summed E-state index contributed by atoms with van der Waals surface area (Å²) in [6.45, 7) is 5.11. The number of ether oxygens (including phenoxy) is 1. The first-order valence-corrected chi connectivity index (χ1v) is 10.0. The molecule has 2 N–H and O–H groups in total. The van der Waals surface area contributed by atoms with E-state index in [1.54, 1.807) is 24.3 Å². The van der Waals surface area contributed by atoms with E-state index in [0.29, 0.717) is 24.4 Å². The lowest BCUT2D eigenvalue weighted by Crippen LogP contribution is -2.44. The third-order valence-electron chi connectivity index (χ3n) is 5.24. The molecular weight excluding hydrogens is 383 g/mol. The third kappa shape index (κ3) is 3.87. The Morgan fingerprint density at radius 2 is 2.10 bits per heavy atom. The summed E-state index contributed by atoms with van der Waals surface area (Å²) >= 11 is 0. The van der Waals surface area contributed by atoms with Crippen LogP contribution in [0.4, 0.5) is 9.18 Å². The van der Waals surface area contributed by atoms with Crippen molar-refractivity contribution in [1.29, 1.82) is 0 Å². The number of carbonyl (C=O) groups excluding carboxylic acids is 1. The number of methoxy groups -OCH3 is 1. The van der Waals surface area contributed by atoms with Crippen molar-refractivity contribution < 1.29 is 13.9 Å². The number of pyridine rings is 1. The molecule has 0 radical (unpaired) electrons. The van der Waals surface area contributed by atoms with E-state index in [0.717, 1.165) is 34.3 Å². The fourth-order valence-corrected chi connectivity index (χ4v) is 3.76. The number of nitrogens with zero attached hydrogens (tertiary/aromatic N) is 2. The number of benzene rings is 1. The molecule has 0 unspecified atom stereocenters. The maximum atomic E-state index is 13.9. The number of urea groups is 1. The number of aromatic amines is 1. The molecule has 0 saturated heterocycles. The van der Waals surface area contributed by atoms with Crippen molar-refractivity contribution in [2.45, 2.75) is 26.3 Å². The summed E-state index contributed by atoms with van der Waals surface area (Å²) in [4.78, 5) is 21.8. The Morgan fingerprint density at radius 3 is 2.80 bits per heavy atom. The van der Waals surface area contributed by atoms with Gasteiger partial charge in [0.25, 0.3) is 0 Å². The van der Waals surface area contributed by atoms with E-state index in [4.69, 9.17) is 4.74 Å². The van der Waals surface area contributed by atoms with Gasteiger partial charge in [-0.3, -0.25) is 0 Å². The summed E-state index contributed by atoms with van der Waals surface area (Å²) in [6, 6.07) is 8.47. The molecule has 6 nitrogen and oxygen atoms in total. The molecule has 0 bridgehead atoms. The van der Waals surface area contributed by atoms with Crippen LogP contribution in [0, 0.1) is 5.82 Å². The molecule has 0 fully saturated rings. The highest BCUT2D eigenvalue weighted by Gasteiger charge is 2.20. The van der Waals surface area contributed by atoms with Crippen LogP contribution in [0.1, 0.15) is 26.0 Å². The normalized spacial score (nSPS) is 14.2. The van der Waals surface area contributed by atoms with E-state index in [9.17, 15) is 9.18 Å². The Morgan fingerprint density at radius 1 is 1.27 bits per heavy atom. The lowest BCUT2D eigenvalue weighted by atomic mass is 10.0. The molecular formula is C23H25FN4O2. The molecule has 0 aliphatic carbocycles. The number of rotatable bonds is 4. The van der Waals surface area contributed by atoms with Crippen molar-refractivity contribution in [3.8, 4) is 16.9 Å². The van der Waals surface area contributed by atoms with Crippen molar-refractivity contribution in [3.63, 3.8) is 0 Å². The third-order valence-corrected chi connectivity index (χ3v) is 5.24. The van der Waals surface area contributed by atoms with Crippen LogP contribution in [0.3, 0.4) is 0 Å². The maximum Gasteiger partial charge on any atom is 0.317 e. The Labute approximate surface area is 174 Å². The van der Waals surface area contributed by atoms with Crippen LogP contribution >= 0.6 is 0 Å². The Hall–Kier alpha value is -3.35. The Kier molecular flexibility index (Phi) is 5.44. The summed E-state index contributed by atoms with van der Waals surface area (Å²) in [5.74, 6) is 0.289. The van der Waals surface area contributed by atoms with Crippen LogP contribution in [-0.4, -0.2) is 47.1 Å². The zero-order valence-electron chi connectivity index (χ0n) is 17.3. The van der Waals surface area contributed by atoms with Crippen LogP contribution in [-0.2, 0) is 0 Å². The average molecular weight is 408 g/mol. The summed E-state index contributed by atoms with van der Waals surface area (Å²) in [5.41, 5.74) is 4.37. The minimum absolute atomic E-state index is 0.0425. The van der Waals surface area contributed by atoms with Gasteiger partial charge in [0.05, 0.1) is 7.11 Å². The Balaban J connectivity index is 1.66. The van der Waals surface area contributed by atoms with Crippen molar-refractivity contribution in [3.05, 3.63) is 54.1 Å². The lowest BCUT2D eigenvalue weighted by Gasteiger charge is -2.27. The van der Waals surface area contributed by atoms with E-state index in [-0.39, 0.29) is 17.9 Å². The first kappa shape index (κ1) is 19.9.